The standard InChI is InChI=1S/C9H18N2O4/c1-6(2)5-7(8(12)11-15-4)10-9(13)14-3/h6-7H,5H2,1-4H3,(H,10,13)(H,11,12). The third-order valence-corrected chi connectivity index (χ3v) is 1.70. The minimum absolute atomic E-state index is 0.273. The quantitative estimate of drug-likeness (QED) is 0.656. The lowest BCUT2D eigenvalue weighted by atomic mass is 10.0. The molecular weight excluding hydrogens is 200 g/mol. The topological polar surface area (TPSA) is 76.7 Å². The number of hydroxylamine groups is 1. The van der Waals surface area contributed by atoms with Gasteiger partial charge in [0.25, 0.3) is 5.91 Å². The maximum absolute atomic E-state index is 11.4. The summed E-state index contributed by atoms with van der Waals surface area (Å²) in [5, 5.41) is 2.43. The second kappa shape index (κ2) is 7.05. The average molecular weight is 218 g/mol. The molecule has 0 spiro atoms. The fourth-order valence-electron chi connectivity index (χ4n) is 1.08. The first-order valence-corrected chi connectivity index (χ1v) is 4.68. The number of methoxy groups -OCH3 is 1. The lowest BCUT2D eigenvalue weighted by molar-refractivity contribution is -0.133. The molecule has 0 fully saturated rings. The fraction of sp³-hybridized carbons (Fsp3) is 0.778. The zero-order valence-electron chi connectivity index (χ0n) is 9.49. The Labute approximate surface area is 89.3 Å². The van der Waals surface area contributed by atoms with Gasteiger partial charge in [-0.05, 0) is 12.3 Å². The van der Waals surface area contributed by atoms with Gasteiger partial charge in [-0.2, -0.15) is 0 Å². The SMILES string of the molecule is CONC(=O)C(CC(C)C)NC(=O)OC. The van der Waals surface area contributed by atoms with Crippen molar-refractivity contribution in [2.75, 3.05) is 14.2 Å². The van der Waals surface area contributed by atoms with E-state index >= 15 is 0 Å². The Bertz CT molecular complexity index is 218. The molecule has 6 nitrogen and oxygen atoms in total. The van der Waals surface area contributed by atoms with E-state index in [-0.39, 0.29) is 5.92 Å². The Hall–Kier alpha value is -1.30. The molecule has 0 saturated carbocycles. The summed E-state index contributed by atoms with van der Waals surface area (Å²) in [5.74, 6) is -0.119. The van der Waals surface area contributed by atoms with E-state index < -0.39 is 18.0 Å². The van der Waals surface area contributed by atoms with Crippen LogP contribution in [0.15, 0.2) is 0 Å². The maximum Gasteiger partial charge on any atom is 0.407 e. The Morgan fingerprint density at radius 2 is 1.87 bits per heavy atom. The van der Waals surface area contributed by atoms with E-state index in [0.717, 1.165) is 0 Å². The number of hydrogen-bond acceptors (Lipinski definition) is 4. The summed E-state index contributed by atoms with van der Waals surface area (Å²) in [4.78, 5) is 26.9. The molecule has 15 heavy (non-hydrogen) atoms. The van der Waals surface area contributed by atoms with E-state index in [4.69, 9.17) is 0 Å². The fourth-order valence-corrected chi connectivity index (χ4v) is 1.08. The van der Waals surface area contributed by atoms with Gasteiger partial charge in [-0.25, -0.2) is 10.3 Å². The molecule has 0 aliphatic carbocycles. The molecule has 88 valence electrons. The zero-order valence-corrected chi connectivity index (χ0v) is 9.49. The van der Waals surface area contributed by atoms with Crippen molar-refractivity contribution in [1.82, 2.24) is 10.8 Å². The Morgan fingerprint density at radius 3 is 2.27 bits per heavy atom. The molecule has 0 heterocycles. The summed E-state index contributed by atoms with van der Waals surface area (Å²) in [6.45, 7) is 3.90. The Kier molecular flexibility index (Phi) is 6.44. The first kappa shape index (κ1) is 13.7. The first-order valence-electron chi connectivity index (χ1n) is 4.68. The van der Waals surface area contributed by atoms with Gasteiger partial charge in [0.1, 0.15) is 6.04 Å². The summed E-state index contributed by atoms with van der Waals surface area (Å²) in [6, 6.07) is -0.641. The second-order valence-corrected chi connectivity index (χ2v) is 3.49. The number of nitrogens with one attached hydrogen (secondary N) is 2. The molecule has 2 N–H and O–H groups in total. The van der Waals surface area contributed by atoms with Crippen LogP contribution in [0.5, 0.6) is 0 Å². The Morgan fingerprint density at radius 1 is 1.27 bits per heavy atom. The van der Waals surface area contributed by atoms with Crippen molar-refractivity contribution in [3.63, 3.8) is 0 Å². The molecule has 6 heteroatoms. The normalized spacial score (nSPS) is 12.1. The molecular formula is C9H18N2O4. The minimum atomic E-state index is -0.641. The molecule has 0 aliphatic rings. The number of ether oxygens (including phenoxy) is 1. The van der Waals surface area contributed by atoms with E-state index in [0.29, 0.717) is 6.42 Å². The van der Waals surface area contributed by atoms with Crippen molar-refractivity contribution in [2.24, 2.45) is 5.92 Å². The summed E-state index contributed by atoms with van der Waals surface area (Å²) in [5.41, 5.74) is 2.17. The third-order valence-electron chi connectivity index (χ3n) is 1.70. The second-order valence-electron chi connectivity index (χ2n) is 3.49. The molecule has 1 atom stereocenters. The summed E-state index contributed by atoms with van der Waals surface area (Å²) < 4.78 is 4.42. The van der Waals surface area contributed by atoms with Crippen molar-refractivity contribution in [1.29, 1.82) is 0 Å². The van der Waals surface area contributed by atoms with Crippen LogP contribution in [0.4, 0.5) is 4.79 Å². The van der Waals surface area contributed by atoms with Crippen LogP contribution in [0, 0.1) is 5.92 Å². The van der Waals surface area contributed by atoms with Crippen LogP contribution in [-0.2, 0) is 14.4 Å². The highest BCUT2D eigenvalue weighted by atomic mass is 16.6. The molecule has 0 bridgehead atoms. The van der Waals surface area contributed by atoms with Gasteiger partial charge in [-0.3, -0.25) is 9.63 Å². The Balaban J connectivity index is 4.29. The van der Waals surface area contributed by atoms with Crippen molar-refractivity contribution < 1.29 is 19.2 Å². The van der Waals surface area contributed by atoms with Crippen LogP contribution in [0.2, 0.25) is 0 Å². The number of carbonyl (C=O) groups excluding carboxylic acids is 2. The molecule has 1 unspecified atom stereocenters. The number of carbonyl (C=O) groups is 2. The van der Waals surface area contributed by atoms with Crippen LogP contribution in [-0.4, -0.2) is 32.3 Å². The number of amides is 2. The minimum Gasteiger partial charge on any atom is -0.453 e. The number of hydrogen-bond donors (Lipinski definition) is 2. The highest BCUT2D eigenvalue weighted by Crippen LogP contribution is 2.05. The predicted octanol–water partition coefficient (Wildman–Crippen LogP) is 0.435. The summed E-state index contributed by atoms with van der Waals surface area (Å²) in [7, 11) is 2.58. The van der Waals surface area contributed by atoms with Gasteiger partial charge in [-0.15, -0.1) is 0 Å². The van der Waals surface area contributed by atoms with Gasteiger partial charge in [0.2, 0.25) is 0 Å². The lowest BCUT2D eigenvalue weighted by Gasteiger charge is -2.18. The summed E-state index contributed by atoms with van der Waals surface area (Å²) >= 11 is 0. The lowest BCUT2D eigenvalue weighted by Crippen LogP contribution is -2.47. The van der Waals surface area contributed by atoms with Crippen LogP contribution in [0.25, 0.3) is 0 Å². The van der Waals surface area contributed by atoms with Gasteiger partial charge in [0.15, 0.2) is 0 Å². The highest BCUT2D eigenvalue weighted by Gasteiger charge is 2.21. The molecule has 0 saturated heterocycles. The van der Waals surface area contributed by atoms with Gasteiger partial charge in [0.05, 0.1) is 14.2 Å². The zero-order chi connectivity index (χ0) is 11.8. The van der Waals surface area contributed by atoms with Crippen LogP contribution >= 0.6 is 0 Å². The van der Waals surface area contributed by atoms with E-state index in [9.17, 15) is 9.59 Å². The first-order chi connectivity index (χ1) is 7.01. The van der Waals surface area contributed by atoms with E-state index in [2.05, 4.69) is 20.4 Å². The molecule has 0 aromatic heterocycles. The number of alkyl carbamates (subject to hydrolysis) is 1. The van der Waals surface area contributed by atoms with Gasteiger partial charge >= 0.3 is 6.09 Å². The van der Waals surface area contributed by atoms with Crippen LogP contribution < -0.4 is 10.8 Å². The number of rotatable bonds is 5. The average Bonchev–Trinajstić information content (AvgIpc) is 2.16. The largest absolute Gasteiger partial charge is 0.453 e. The molecule has 0 aliphatic heterocycles. The van der Waals surface area contributed by atoms with Crippen molar-refractivity contribution in [3.05, 3.63) is 0 Å². The van der Waals surface area contributed by atoms with Crippen molar-refractivity contribution in [3.8, 4) is 0 Å². The molecule has 0 radical (unpaired) electrons. The molecule has 0 rings (SSSR count). The molecule has 0 aromatic carbocycles. The van der Waals surface area contributed by atoms with Gasteiger partial charge in [0, 0.05) is 0 Å². The van der Waals surface area contributed by atoms with Gasteiger partial charge in [-0.1, -0.05) is 13.8 Å². The van der Waals surface area contributed by atoms with Crippen LogP contribution in [0.3, 0.4) is 0 Å². The third kappa shape index (κ3) is 5.90. The van der Waals surface area contributed by atoms with Crippen molar-refractivity contribution in [2.45, 2.75) is 26.3 Å². The van der Waals surface area contributed by atoms with Gasteiger partial charge < -0.3 is 10.1 Å². The highest BCUT2D eigenvalue weighted by molar-refractivity contribution is 5.84. The van der Waals surface area contributed by atoms with E-state index in [1.54, 1.807) is 0 Å². The smallest absolute Gasteiger partial charge is 0.407 e. The summed E-state index contributed by atoms with van der Waals surface area (Å²) in [6.07, 6.45) is -0.114. The predicted molar refractivity (Wildman–Crippen MR) is 53.9 cm³/mol. The van der Waals surface area contributed by atoms with Crippen molar-refractivity contribution >= 4 is 12.0 Å². The van der Waals surface area contributed by atoms with E-state index in [1.165, 1.54) is 14.2 Å². The molecule has 2 amide bonds. The maximum atomic E-state index is 11.4. The van der Waals surface area contributed by atoms with E-state index in [1.807, 2.05) is 13.8 Å². The monoisotopic (exact) mass is 218 g/mol. The van der Waals surface area contributed by atoms with Crippen LogP contribution in [0.1, 0.15) is 20.3 Å². The molecule has 0 aromatic rings.